The van der Waals surface area contributed by atoms with Gasteiger partial charge >= 0.3 is 23.9 Å². The highest BCUT2D eigenvalue weighted by atomic mass is 16.4. The molecule has 0 saturated heterocycles. The highest BCUT2D eigenvalue weighted by molar-refractivity contribution is 5.98. The summed E-state index contributed by atoms with van der Waals surface area (Å²) in [6.45, 7) is -0.632. The number of carbonyl (C=O) groups excluding carboxylic acids is 11. The SMILES string of the molecule is C[C@H](NC(=O)[C@H](CCC(=O)O)NC(=O)[C@H](CCCCN)NC(=O)[C@H](CCCCN)NC(=O)[C@H](CC(N)=O)NC(=O)[C@@H](N)CCCCN)C(=O)NCC(=O)N[C@@H](CCC(=O)O)C(=O)NCC(=O)NCC(=O)N[C@@H](CCC(=O)O)C(=O)O. The van der Waals surface area contributed by atoms with Crippen LogP contribution >= 0.6 is 0 Å². The van der Waals surface area contributed by atoms with Gasteiger partial charge in [0.2, 0.25) is 65.0 Å². The van der Waals surface area contributed by atoms with Gasteiger partial charge in [-0.25, -0.2) is 4.79 Å². The van der Waals surface area contributed by atoms with Crippen LogP contribution in [-0.4, -0.2) is 197 Å². The minimum absolute atomic E-state index is 0.0548. The summed E-state index contributed by atoms with van der Waals surface area (Å²) < 4.78 is 0. The molecule has 0 spiro atoms. The van der Waals surface area contributed by atoms with Gasteiger partial charge in [-0.1, -0.05) is 6.42 Å². The average Bonchev–Trinajstić information content (AvgIpc) is 3.38. The zero-order valence-electron chi connectivity index (χ0n) is 44.5. The summed E-state index contributed by atoms with van der Waals surface area (Å²) in [6.07, 6.45) is -1.79. The Hall–Kier alpha value is -8.11. The topological polar surface area (TPSA) is 587 Å². The lowest BCUT2D eigenvalue weighted by atomic mass is 10.0. The number of carboxylic acids is 4. The lowest BCUT2D eigenvalue weighted by molar-refractivity contribution is -0.143. The van der Waals surface area contributed by atoms with E-state index in [9.17, 15) is 87.2 Å². The van der Waals surface area contributed by atoms with Crippen LogP contribution in [0.2, 0.25) is 0 Å². The molecule has 0 aliphatic heterocycles. The molecule has 34 nitrogen and oxygen atoms in total. The van der Waals surface area contributed by atoms with Gasteiger partial charge in [-0.05, 0) is 97.2 Å². The number of hydrogen-bond acceptors (Lipinski definition) is 19. The maximum Gasteiger partial charge on any atom is 0.326 e. The predicted octanol–water partition coefficient (Wildman–Crippen LogP) is -7.98. The Labute approximate surface area is 459 Å². The fraction of sp³-hybridized carbons (Fsp3) is 0.674. The molecule has 0 heterocycles. The zero-order valence-corrected chi connectivity index (χ0v) is 44.5. The van der Waals surface area contributed by atoms with Crippen molar-refractivity contribution >= 4 is 88.9 Å². The highest BCUT2D eigenvalue weighted by Crippen LogP contribution is 2.09. The lowest BCUT2D eigenvalue weighted by Gasteiger charge is -2.27. The third-order valence-electron chi connectivity index (χ3n) is 11.4. The molecule has 452 valence electrons. The van der Waals surface area contributed by atoms with Crippen LogP contribution in [0.25, 0.3) is 0 Å². The second-order valence-corrected chi connectivity index (χ2v) is 18.2. The molecule has 0 rings (SSSR count). The number of aliphatic carboxylic acids is 4. The Morgan fingerprint density at radius 1 is 0.375 bits per heavy atom. The molecule has 0 bridgehead atoms. The van der Waals surface area contributed by atoms with Crippen LogP contribution in [0.1, 0.15) is 110 Å². The number of carboxylic acid groups (broad SMARTS) is 4. The molecule has 0 fully saturated rings. The van der Waals surface area contributed by atoms with Gasteiger partial charge in [0.15, 0.2) is 0 Å². The first kappa shape index (κ1) is 71.9. The number of primary amides is 1. The molecule has 0 saturated carbocycles. The van der Waals surface area contributed by atoms with Crippen LogP contribution in [0.5, 0.6) is 0 Å². The third kappa shape index (κ3) is 32.6. The first-order valence-electron chi connectivity index (χ1n) is 25.6. The molecule has 0 radical (unpaired) electrons. The van der Waals surface area contributed by atoms with Crippen molar-refractivity contribution in [1.29, 1.82) is 0 Å². The van der Waals surface area contributed by atoms with Gasteiger partial charge in [-0.3, -0.25) is 67.1 Å². The average molecular weight is 1150 g/mol. The van der Waals surface area contributed by atoms with Crippen molar-refractivity contribution in [2.45, 2.75) is 158 Å². The van der Waals surface area contributed by atoms with E-state index in [-0.39, 0.29) is 45.2 Å². The van der Waals surface area contributed by atoms with Gasteiger partial charge in [0, 0.05) is 19.3 Å². The minimum atomic E-state index is -1.67. The van der Waals surface area contributed by atoms with Crippen molar-refractivity contribution in [3.05, 3.63) is 0 Å². The van der Waals surface area contributed by atoms with E-state index in [2.05, 4.69) is 47.9 Å². The summed E-state index contributed by atoms with van der Waals surface area (Å²) in [5.41, 5.74) is 28.1. The maximum absolute atomic E-state index is 13.9. The number of amides is 11. The first-order valence-corrected chi connectivity index (χ1v) is 25.6. The molecule has 0 unspecified atom stereocenters. The Balaban J connectivity index is 6.05. The van der Waals surface area contributed by atoms with E-state index in [4.69, 9.17) is 33.8 Å². The summed E-state index contributed by atoms with van der Waals surface area (Å²) in [7, 11) is 0. The van der Waals surface area contributed by atoms with E-state index < -0.39 is 202 Å². The molecule has 11 amide bonds. The van der Waals surface area contributed by atoms with Crippen molar-refractivity contribution < 1.29 is 92.3 Å². The molecule has 0 aromatic carbocycles. The van der Waals surface area contributed by atoms with Crippen LogP contribution in [0.15, 0.2) is 0 Å². The Morgan fingerprint density at radius 3 is 1.16 bits per heavy atom. The minimum Gasteiger partial charge on any atom is -0.481 e. The standard InChI is InChI=1S/C46H79N15O19/c1-24(39(72)53-23-35(65)56-28(11-14-36(66)67)41(74)54-21-33(63)52-22-34(64)57-30(46(79)80)13-16-38(70)71)55-42(75)29(12-15-37(68)69)60-44(77)26(9-3-6-18-48)58-43(76)27(10-4-7-19-49)59-45(78)31(20-32(51)62)61-40(73)25(50)8-2-5-17-47/h24-31H,2-23,47-50H2,1H3,(H2,51,62)(H,52,63)(H,53,72)(H,54,74)(H,55,75)(H,56,65)(H,57,64)(H,58,76)(H,59,78)(H,60,77)(H,61,73)(H,66,67)(H,68,69)(H,70,71)(H,79,80)/t24-,25-,26-,27-,28-,29-,30-,31-/m0/s1. The molecule has 24 N–H and O–H groups in total. The molecular weight excluding hydrogens is 1070 g/mol. The number of nitrogens with one attached hydrogen (secondary N) is 10. The van der Waals surface area contributed by atoms with Crippen LogP contribution < -0.4 is 81.8 Å². The van der Waals surface area contributed by atoms with Gasteiger partial charge in [-0.15, -0.1) is 0 Å². The van der Waals surface area contributed by atoms with Crippen LogP contribution in [-0.2, 0) is 71.9 Å². The number of unbranched alkanes of at least 4 members (excludes halogenated alkanes) is 3. The quantitative estimate of drug-likeness (QED) is 0.0252. The molecular formula is C46H79N15O19. The number of rotatable bonds is 44. The molecule has 0 aliphatic rings. The molecule has 8 atom stereocenters. The number of nitrogens with two attached hydrogens (primary N) is 5. The molecule has 0 aromatic heterocycles. The van der Waals surface area contributed by atoms with Crippen molar-refractivity contribution in [3.8, 4) is 0 Å². The van der Waals surface area contributed by atoms with E-state index in [1.54, 1.807) is 0 Å². The summed E-state index contributed by atoms with van der Waals surface area (Å²) in [6, 6.07) is -11.9. The van der Waals surface area contributed by atoms with Crippen LogP contribution in [0, 0.1) is 0 Å². The van der Waals surface area contributed by atoms with E-state index in [1.807, 2.05) is 5.32 Å². The smallest absolute Gasteiger partial charge is 0.326 e. The van der Waals surface area contributed by atoms with Crippen molar-refractivity contribution in [1.82, 2.24) is 53.2 Å². The van der Waals surface area contributed by atoms with Crippen molar-refractivity contribution in [2.24, 2.45) is 28.7 Å². The summed E-state index contributed by atoms with van der Waals surface area (Å²) in [4.78, 5) is 188. The summed E-state index contributed by atoms with van der Waals surface area (Å²) in [5.74, 6) is -16.6. The molecule has 34 heteroatoms. The Morgan fingerprint density at radius 2 is 0.725 bits per heavy atom. The zero-order chi connectivity index (χ0) is 60.9. The van der Waals surface area contributed by atoms with Crippen LogP contribution in [0.3, 0.4) is 0 Å². The van der Waals surface area contributed by atoms with E-state index in [0.29, 0.717) is 32.2 Å². The van der Waals surface area contributed by atoms with E-state index in [1.165, 1.54) is 0 Å². The van der Waals surface area contributed by atoms with Gasteiger partial charge in [0.1, 0.15) is 42.3 Å². The molecule has 80 heavy (non-hydrogen) atoms. The normalized spacial score (nSPS) is 13.8. The highest BCUT2D eigenvalue weighted by Gasteiger charge is 2.34. The number of hydrogen-bond donors (Lipinski definition) is 19. The first-order chi connectivity index (χ1) is 37.6. The Kier molecular flexibility index (Phi) is 36.1. The van der Waals surface area contributed by atoms with Crippen LogP contribution in [0.4, 0.5) is 0 Å². The third-order valence-corrected chi connectivity index (χ3v) is 11.4. The fourth-order valence-corrected chi connectivity index (χ4v) is 6.99. The molecule has 0 aliphatic carbocycles. The summed E-state index contributed by atoms with van der Waals surface area (Å²) in [5, 5.41) is 59.2. The second kappa shape index (κ2) is 40.1. The van der Waals surface area contributed by atoms with E-state index >= 15 is 0 Å². The van der Waals surface area contributed by atoms with Crippen molar-refractivity contribution in [2.75, 3.05) is 39.3 Å². The van der Waals surface area contributed by atoms with Gasteiger partial charge in [0.05, 0.1) is 32.1 Å². The van der Waals surface area contributed by atoms with Crippen molar-refractivity contribution in [3.63, 3.8) is 0 Å². The fourth-order valence-electron chi connectivity index (χ4n) is 6.99. The largest absolute Gasteiger partial charge is 0.481 e. The van der Waals surface area contributed by atoms with Gasteiger partial charge in [-0.2, -0.15) is 0 Å². The summed E-state index contributed by atoms with van der Waals surface area (Å²) >= 11 is 0. The van der Waals surface area contributed by atoms with Gasteiger partial charge < -0.3 is 102 Å². The maximum atomic E-state index is 13.9. The second-order valence-electron chi connectivity index (χ2n) is 18.2. The Bertz CT molecular complexity index is 2150. The number of carbonyl (C=O) groups is 15. The molecule has 0 aromatic rings. The van der Waals surface area contributed by atoms with Gasteiger partial charge in [0.25, 0.3) is 0 Å². The monoisotopic (exact) mass is 1150 g/mol. The lowest BCUT2D eigenvalue weighted by Crippen LogP contribution is -2.59. The van der Waals surface area contributed by atoms with E-state index in [0.717, 1.165) is 6.92 Å². The predicted molar refractivity (Wildman–Crippen MR) is 277 cm³/mol.